The molecule has 122 valence electrons. The maximum absolute atomic E-state index is 6.49. The van der Waals surface area contributed by atoms with Crippen molar-refractivity contribution in [1.29, 1.82) is 0 Å². The minimum Gasteiger partial charge on any atom is -0.354 e. The zero-order chi connectivity index (χ0) is 16.0. The van der Waals surface area contributed by atoms with Crippen LogP contribution >= 0.6 is 0 Å². The standard InChI is InChI=1S/C19H20N4O/c1-2-6-14(7-3-1)18-13-24-19(10-4-5-11-23(18)19)15-8-9-16-17(12-15)21-22-20-16/h1-3,6-9,12,18H,4-5,10-11,13H2,(H,20,21,22)/t18-,19?/m0/s1. The first-order chi connectivity index (χ1) is 11.9. The van der Waals surface area contributed by atoms with Crippen LogP contribution in [0.1, 0.15) is 36.4 Å². The Labute approximate surface area is 140 Å². The second-order valence-corrected chi connectivity index (χ2v) is 6.70. The molecule has 24 heavy (non-hydrogen) atoms. The third-order valence-corrected chi connectivity index (χ3v) is 5.44. The number of fused-ring (bicyclic) bond motifs is 2. The number of H-pyrrole nitrogens is 1. The number of piperidine rings is 1. The lowest BCUT2D eigenvalue weighted by atomic mass is 9.89. The number of aromatic nitrogens is 3. The first kappa shape index (κ1) is 14.1. The van der Waals surface area contributed by atoms with Crippen LogP contribution in [-0.2, 0) is 10.5 Å². The number of nitrogens with zero attached hydrogens (tertiary/aromatic N) is 3. The topological polar surface area (TPSA) is 54.0 Å². The lowest BCUT2D eigenvalue weighted by Crippen LogP contribution is -2.46. The second kappa shape index (κ2) is 5.40. The summed E-state index contributed by atoms with van der Waals surface area (Å²) < 4.78 is 6.49. The second-order valence-electron chi connectivity index (χ2n) is 6.70. The fourth-order valence-electron chi connectivity index (χ4n) is 4.27. The van der Waals surface area contributed by atoms with Crippen LogP contribution in [0.5, 0.6) is 0 Å². The van der Waals surface area contributed by atoms with Gasteiger partial charge in [-0.05, 0) is 37.0 Å². The highest BCUT2D eigenvalue weighted by Gasteiger charge is 2.50. The number of nitrogens with one attached hydrogen (secondary N) is 1. The molecule has 5 rings (SSSR count). The Hall–Kier alpha value is -2.24. The van der Waals surface area contributed by atoms with Gasteiger partial charge in [-0.15, -0.1) is 0 Å². The molecule has 1 unspecified atom stereocenters. The van der Waals surface area contributed by atoms with Crippen molar-refractivity contribution in [3.8, 4) is 0 Å². The maximum atomic E-state index is 6.49. The van der Waals surface area contributed by atoms with Gasteiger partial charge in [0.25, 0.3) is 0 Å². The number of hydrogen-bond donors (Lipinski definition) is 1. The van der Waals surface area contributed by atoms with Gasteiger partial charge in [-0.2, -0.15) is 15.4 Å². The van der Waals surface area contributed by atoms with Crippen molar-refractivity contribution in [2.45, 2.75) is 31.0 Å². The highest BCUT2D eigenvalue weighted by atomic mass is 16.5. The van der Waals surface area contributed by atoms with Crippen LogP contribution in [0.3, 0.4) is 0 Å². The van der Waals surface area contributed by atoms with Gasteiger partial charge >= 0.3 is 0 Å². The number of benzene rings is 2. The molecule has 0 bridgehead atoms. The Bertz CT molecular complexity index is 862. The van der Waals surface area contributed by atoms with Gasteiger partial charge in [0.15, 0.2) is 0 Å². The van der Waals surface area contributed by atoms with E-state index in [1.807, 2.05) is 6.07 Å². The first-order valence-corrected chi connectivity index (χ1v) is 8.63. The summed E-state index contributed by atoms with van der Waals surface area (Å²) in [6.07, 6.45) is 3.44. The SMILES string of the molecule is c1ccc([C@@H]2COC3(c4ccc5n[nH]nc5c4)CCCCN23)cc1. The average Bonchev–Trinajstić information content (AvgIpc) is 3.27. The average molecular weight is 320 g/mol. The molecule has 2 fully saturated rings. The van der Waals surface area contributed by atoms with Crippen LogP contribution in [0.4, 0.5) is 0 Å². The zero-order valence-electron chi connectivity index (χ0n) is 13.5. The predicted molar refractivity (Wildman–Crippen MR) is 91.3 cm³/mol. The molecule has 2 aliphatic heterocycles. The van der Waals surface area contributed by atoms with E-state index in [4.69, 9.17) is 4.74 Å². The molecule has 2 saturated heterocycles. The monoisotopic (exact) mass is 320 g/mol. The van der Waals surface area contributed by atoms with E-state index >= 15 is 0 Å². The number of ether oxygens (including phenoxy) is 1. The van der Waals surface area contributed by atoms with Gasteiger partial charge in [0.05, 0.1) is 12.6 Å². The van der Waals surface area contributed by atoms with Crippen molar-refractivity contribution < 1.29 is 4.74 Å². The van der Waals surface area contributed by atoms with E-state index in [1.165, 1.54) is 24.0 Å². The van der Waals surface area contributed by atoms with Crippen LogP contribution in [0.15, 0.2) is 48.5 Å². The van der Waals surface area contributed by atoms with Crippen LogP contribution in [0.25, 0.3) is 11.0 Å². The number of aromatic amines is 1. The number of rotatable bonds is 2. The highest BCUT2D eigenvalue weighted by Crippen LogP contribution is 2.49. The van der Waals surface area contributed by atoms with E-state index in [0.29, 0.717) is 6.04 Å². The van der Waals surface area contributed by atoms with Crippen LogP contribution in [0.2, 0.25) is 0 Å². The Balaban J connectivity index is 1.59. The van der Waals surface area contributed by atoms with E-state index in [9.17, 15) is 0 Å². The van der Waals surface area contributed by atoms with Crippen molar-refractivity contribution in [2.24, 2.45) is 0 Å². The van der Waals surface area contributed by atoms with Gasteiger partial charge in [0, 0.05) is 12.1 Å². The zero-order valence-corrected chi connectivity index (χ0v) is 13.5. The van der Waals surface area contributed by atoms with Crippen LogP contribution in [-0.4, -0.2) is 33.5 Å². The van der Waals surface area contributed by atoms with E-state index in [2.05, 4.69) is 62.8 Å². The molecule has 1 aromatic heterocycles. The molecule has 0 radical (unpaired) electrons. The van der Waals surface area contributed by atoms with Gasteiger partial charge in [0.1, 0.15) is 16.8 Å². The quantitative estimate of drug-likeness (QED) is 0.786. The summed E-state index contributed by atoms with van der Waals surface area (Å²) in [6, 6.07) is 17.3. The largest absolute Gasteiger partial charge is 0.354 e. The molecular formula is C19H20N4O. The molecule has 2 aliphatic rings. The lowest BCUT2D eigenvalue weighted by molar-refractivity contribution is -0.115. The van der Waals surface area contributed by atoms with Gasteiger partial charge < -0.3 is 4.74 Å². The van der Waals surface area contributed by atoms with Crippen molar-refractivity contribution in [2.75, 3.05) is 13.2 Å². The summed E-state index contributed by atoms with van der Waals surface area (Å²) in [5.41, 5.74) is 4.01. The summed E-state index contributed by atoms with van der Waals surface area (Å²) in [7, 11) is 0. The van der Waals surface area contributed by atoms with Gasteiger partial charge in [-0.25, -0.2) is 0 Å². The molecule has 5 heteroatoms. The first-order valence-electron chi connectivity index (χ1n) is 8.63. The van der Waals surface area contributed by atoms with E-state index in [0.717, 1.165) is 30.6 Å². The Kier molecular flexibility index (Phi) is 3.18. The fourth-order valence-corrected chi connectivity index (χ4v) is 4.27. The maximum Gasteiger partial charge on any atom is 0.148 e. The van der Waals surface area contributed by atoms with Crippen molar-refractivity contribution in [3.63, 3.8) is 0 Å². The highest BCUT2D eigenvalue weighted by molar-refractivity contribution is 5.74. The Morgan fingerprint density at radius 1 is 1.04 bits per heavy atom. The molecule has 3 aromatic rings. The molecule has 5 nitrogen and oxygen atoms in total. The van der Waals surface area contributed by atoms with Crippen molar-refractivity contribution >= 4 is 11.0 Å². The fraction of sp³-hybridized carbons (Fsp3) is 0.368. The summed E-state index contributed by atoms with van der Waals surface area (Å²) in [5, 5.41) is 11.1. The molecule has 0 spiro atoms. The molecule has 1 N–H and O–H groups in total. The molecule has 2 atom stereocenters. The van der Waals surface area contributed by atoms with Crippen molar-refractivity contribution in [1.82, 2.24) is 20.3 Å². The lowest BCUT2D eigenvalue weighted by Gasteiger charge is -2.43. The Morgan fingerprint density at radius 3 is 2.83 bits per heavy atom. The van der Waals surface area contributed by atoms with Crippen LogP contribution < -0.4 is 0 Å². The van der Waals surface area contributed by atoms with Gasteiger partial charge in [-0.1, -0.05) is 36.4 Å². The Morgan fingerprint density at radius 2 is 1.92 bits per heavy atom. The molecule has 0 amide bonds. The molecule has 0 aliphatic carbocycles. The van der Waals surface area contributed by atoms with Crippen molar-refractivity contribution in [3.05, 3.63) is 59.7 Å². The van der Waals surface area contributed by atoms with Gasteiger partial charge in [0.2, 0.25) is 0 Å². The van der Waals surface area contributed by atoms with E-state index in [-0.39, 0.29) is 5.72 Å². The molecular weight excluding hydrogens is 300 g/mol. The predicted octanol–water partition coefficient (Wildman–Crippen LogP) is 3.37. The minimum atomic E-state index is -0.327. The normalized spacial score (nSPS) is 27.4. The summed E-state index contributed by atoms with van der Waals surface area (Å²) in [5.74, 6) is 0. The van der Waals surface area contributed by atoms with E-state index in [1.54, 1.807) is 0 Å². The smallest absolute Gasteiger partial charge is 0.148 e. The summed E-state index contributed by atoms with van der Waals surface area (Å²) in [6.45, 7) is 1.80. The van der Waals surface area contributed by atoms with Gasteiger partial charge in [-0.3, -0.25) is 4.90 Å². The third kappa shape index (κ3) is 2.01. The minimum absolute atomic E-state index is 0.319. The van der Waals surface area contributed by atoms with E-state index < -0.39 is 0 Å². The molecule has 2 aromatic carbocycles. The number of hydrogen-bond acceptors (Lipinski definition) is 4. The third-order valence-electron chi connectivity index (χ3n) is 5.44. The van der Waals surface area contributed by atoms with Crippen LogP contribution in [0, 0.1) is 0 Å². The summed E-state index contributed by atoms with van der Waals surface area (Å²) >= 11 is 0. The summed E-state index contributed by atoms with van der Waals surface area (Å²) in [4.78, 5) is 2.55. The molecule has 3 heterocycles. The molecule has 0 saturated carbocycles.